The first kappa shape index (κ1) is 40.0. The zero-order chi connectivity index (χ0) is 44.2. The van der Waals surface area contributed by atoms with E-state index in [1.54, 1.807) is 0 Å². The molecule has 0 spiro atoms. The summed E-state index contributed by atoms with van der Waals surface area (Å²) in [4.78, 5) is 2.61. The summed E-state index contributed by atoms with van der Waals surface area (Å²) >= 11 is 1.88. The van der Waals surface area contributed by atoms with Gasteiger partial charge in [-0.1, -0.05) is 220 Å². The summed E-state index contributed by atoms with van der Waals surface area (Å²) in [6.45, 7) is 4.00. The van der Waals surface area contributed by atoms with Crippen LogP contribution in [0.5, 0.6) is 0 Å². The first-order chi connectivity index (χ1) is 32.7. The molecule has 10 aromatic rings. The van der Waals surface area contributed by atoms with Gasteiger partial charge in [-0.15, -0.1) is 11.3 Å². The van der Waals surface area contributed by atoms with Crippen molar-refractivity contribution in [2.24, 2.45) is 0 Å². The molecule has 0 bridgehead atoms. The Balaban J connectivity index is 0.00000225. The molecule has 2 heteroatoms. The van der Waals surface area contributed by atoms with Gasteiger partial charge in [0.05, 0.1) is 16.9 Å². The molecule has 0 saturated carbocycles. The zero-order valence-electron chi connectivity index (χ0n) is 37.2. The molecule has 0 N–H and O–H groups in total. The Morgan fingerprint density at radius 1 is 0.409 bits per heavy atom. The first-order valence-corrected chi connectivity index (χ1v) is 24.3. The van der Waals surface area contributed by atoms with Crippen molar-refractivity contribution in [2.75, 3.05) is 4.90 Å². The molecule has 1 nitrogen and oxygen atoms in total. The molecule has 0 radical (unpaired) electrons. The fraction of sp³-hybridized carbons (Fsp3) is 0.0938. The van der Waals surface area contributed by atoms with E-state index in [2.05, 4.69) is 248 Å². The van der Waals surface area contributed by atoms with Crippen molar-refractivity contribution in [3.05, 3.63) is 287 Å². The molecular weight excluding hydrogens is 815 g/mol. The number of fused-ring (bicyclic) bond motifs is 9. The highest BCUT2D eigenvalue weighted by molar-refractivity contribution is 7.25. The Labute approximate surface area is 392 Å². The normalized spacial score (nSPS) is 15.8. The van der Waals surface area contributed by atoms with Crippen LogP contribution in [0.25, 0.3) is 42.4 Å². The fourth-order valence-electron chi connectivity index (χ4n) is 11.8. The molecule has 3 aliphatic rings. The van der Waals surface area contributed by atoms with Gasteiger partial charge in [-0.3, -0.25) is 0 Å². The van der Waals surface area contributed by atoms with Crippen LogP contribution in [-0.4, -0.2) is 6.04 Å². The van der Waals surface area contributed by atoms with E-state index in [1.165, 1.54) is 98.3 Å². The molecule has 13 rings (SSSR count). The summed E-state index contributed by atoms with van der Waals surface area (Å²) in [6.07, 6.45) is 8.32. The van der Waals surface area contributed by atoms with Crippen molar-refractivity contribution >= 4 is 42.9 Å². The number of allylic oxidation sites excluding steroid dienone is 2. The van der Waals surface area contributed by atoms with E-state index in [4.69, 9.17) is 0 Å². The lowest BCUT2D eigenvalue weighted by Gasteiger charge is -2.39. The molecule has 316 valence electrons. The maximum absolute atomic E-state index is 2.61. The quantitative estimate of drug-likeness (QED) is 0.154. The SMILES string of the molecule is C1=CC(N(c2ccc3c(c2)-c2ccccc2C3(c2ccccc2)c2ccccc2)c2ccc3sc4ccccc4c3c2)CC=C1C1(c2ccccc2)c2ccccc2-c2ccccc21.CC. The average molecular weight is 864 g/mol. The highest BCUT2D eigenvalue weighted by atomic mass is 32.1. The molecule has 1 heterocycles. The molecule has 1 unspecified atom stereocenters. The molecule has 1 aromatic heterocycles. The molecule has 66 heavy (non-hydrogen) atoms. The number of rotatable bonds is 7. The first-order valence-electron chi connectivity index (χ1n) is 23.4. The van der Waals surface area contributed by atoms with Gasteiger partial charge in [0.1, 0.15) is 0 Å². The number of hydrogen-bond acceptors (Lipinski definition) is 2. The predicted octanol–water partition coefficient (Wildman–Crippen LogP) is 16.9. The second-order valence-corrected chi connectivity index (χ2v) is 18.5. The highest BCUT2D eigenvalue weighted by Crippen LogP contribution is 2.59. The Bertz CT molecular complexity index is 3400. The summed E-state index contributed by atoms with van der Waals surface area (Å²) in [5.41, 5.74) is 17.2. The summed E-state index contributed by atoms with van der Waals surface area (Å²) in [5.74, 6) is 0. The number of anilines is 2. The minimum Gasteiger partial charge on any atom is -0.334 e. The zero-order valence-corrected chi connectivity index (χ0v) is 38.1. The number of thiophene rings is 1. The maximum Gasteiger partial charge on any atom is 0.0713 e. The largest absolute Gasteiger partial charge is 0.334 e. The van der Waals surface area contributed by atoms with Crippen molar-refractivity contribution < 1.29 is 0 Å². The Morgan fingerprint density at radius 2 is 0.864 bits per heavy atom. The fourth-order valence-corrected chi connectivity index (χ4v) is 12.9. The van der Waals surface area contributed by atoms with Gasteiger partial charge < -0.3 is 4.90 Å². The third-order valence-electron chi connectivity index (χ3n) is 14.4. The standard InChI is InChI=1S/C62H43NS.C2H6/c1-4-18-42(19-5-1)61(43-20-6-2-7-21-43)57-30-16-12-26-51(57)53-40-47(36-38-58(53)61)63(48-37-39-60-54(41-48)52-27-13-17-31-59(52)64-60)46-34-32-45(33-35-46)62(44-22-8-3-9-23-44)55-28-14-10-24-49(55)50-25-11-15-29-56(50)62;1-2/h1-34,36-41,46H,35H2;1-2H3. The number of benzene rings is 9. The van der Waals surface area contributed by atoms with Crippen molar-refractivity contribution in [3.63, 3.8) is 0 Å². The smallest absolute Gasteiger partial charge is 0.0713 e. The Hall–Kier alpha value is -7.52. The summed E-state index contributed by atoms with van der Waals surface area (Å²) in [6, 6.07) is 83.9. The molecule has 9 aromatic carbocycles. The van der Waals surface area contributed by atoms with Crippen LogP contribution in [0.1, 0.15) is 59.2 Å². The second kappa shape index (κ2) is 16.2. The van der Waals surface area contributed by atoms with E-state index in [0.29, 0.717) is 0 Å². The van der Waals surface area contributed by atoms with E-state index >= 15 is 0 Å². The van der Waals surface area contributed by atoms with Gasteiger partial charge >= 0.3 is 0 Å². The monoisotopic (exact) mass is 863 g/mol. The van der Waals surface area contributed by atoms with Crippen LogP contribution < -0.4 is 4.90 Å². The summed E-state index contributed by atoms with van der Waals surface area (Å²) in [7, 11) is 0. The van der Waals surface area contributed by atoms with E-state index in [9.17, 15) is 0 Å². The van der Waals surface area contributed by atoms with Crippen molar-refractivity contribution in [1.29, 1.82) is 0 Å². The Morgan fingerprint density at radius 3 is 1.45 bits per heavy atom. The van der Waals surface area contributed by atoms with Gasteiger partial charge in [0.25, 0.3) is 0 Å². The average Bonchev–Trinajstić information content (AvgIpc) is 4.03. The van der Waals surface area contributed by atoms with Crippen molar-refractivity contribution in [3.8, 4) is 22.3 Å². The lowest BCUT2D eigenvalue weighted by molar-refractivity contribution is 0.719. The lowest BCUT2D eigenvalue weighted by atomic mass is 9.66. The van der Waals surface area contributed by atoms with Crippen LogP contribution in [0.4, 0.5) is 11.4 Å². The van der Waals surface area contributed by atoms with Crippen LogP contribution >= 0.6 is 11.3 Å². The van der Waals surface area contributed by atoms with E-state index in [0.717, 1.165) is 6.42 Å². The molecular formula is C64H49NS. The van der Waals surface area contributed by atoms with E-state index in [1.807, 2.05) is 25.2 Å². The number of nitrogens with zero attached hydrogens (tertiary/aromatic N) is 1. The minimum absolute atomic E-state index is 0.0634. The number of hydrogen-bond donors (Lipinski definition) is 0. The predicted molar refractivity (Wildman–Crippen MR) is 280 cm³/mol. The second-order valence-electron chi connectivity index (χ2n) is 17.4. The van der Waals surface area contributed by atoms with Crippen LogP contribution in [0.2, 0.25) is 0 Å². The molecule has 0 aliphatic heterocycles. The van der Waals surface area contributed by atoms with Crippen LogP contribution in [0.3, 0.4) is 0 Å². The summed E-state index contributed by atoms with van der Waals surface area (Å²) in [5, 5.41) is 2.62. The Kier molecular flexibility index (Phi) is 9.81. The van der Waals surface area contributed by atoms with E-state index < -0.39 is 10.8 Å². The van der Waals surface area contributed by atoms with Crippen molar-refractivity contribution in [1.82, 2.24) is 0 Å². The van der Waals surface area contributed by atoms with Gasteiger partial charge in [-0.25, -0.2) is 0 Å². The third-order valence-corrected chi connectivity index (χ3v) is 15.5. The van der Waals surface area contributed by atoms with Crippen LogP contribution in [-0.2, 0) is 10.8 Å². The molecule has 0 amide bonds. The molecule has 0 fully saturated rings. The topological polar surface area (TPSA) is 3.24 Å². The maximum atomic E-state index is 2.61. The molecule has 1 atom stereocenters. The third kappa shape index (κ3) is 5.84. The minimum atomic E-state index is -0.450. The van der Waals surface area contributed by atoms with Crippen molar-refractivity contribution in [2.45, 2.75) is 37.1 Å². The lowest BCUT2D eigenvalue weighted by Crippen LogP contribution is -2.34. The van der Waals surface area contributed by atoms with E-state index in [-0.39, 0.29) is 6.04 Å². The highest BCUT2D eigenvalue weighted by Gasteiger charge is 2.48. The summed E-state index contributed by atoms with van der Waals surface area (Å²) < 4.78 is 2.63. The molecule has 0 saturated heterocycles. The van der Waals surface area contributed by atoms with Gasteiger partial charge in [-0.2, -0.15) is 0 Å². The van der Waals surface area contributed by atoms with Crippen LogP contribution in [0.15, 0.2) is 248 Å². The van der Waals surface area contributed by atoms with Gasteiger partial charge in [0.2, 0.25) is 0 Å². The van der Waals surface area contributed by atoms with Crippen LogP contribution in [0, 0.1) is 0 Å². The van der Waals surface area contributed by atoms with Gasteiger partial charge in [-0.05, 0) is 110 Å². The molecule has 3 aliphatic carbocycles. The van der Waals surface area contributed by atoms with Gasteiger partial charge in [0.15, 0.2) is 0 Å². The van der Waals surface area contributed by atoms with Gasteiger partial charge in [0, 0.05) is 31.5 Å².